The Morgan fingerprint density at radius 3 is 2.80 bits per heavy atom. The van der Waals surface area contributed by atoms with Crippen LogP contribution in [0.5, 0.6) is 0 Å². The molecule has 0 N–H and O–H groups in total. The van der Waals surface area contributed by atoms with Gasteiger partial charge in [-0.1, -0.05) is 6.92 Å². The lowest BCUT2D eigenvalue weighted by atomic mass is 9.99. The summed E-state index contributed by atoms with van der Waals surface area (Å²) >= 11 is 0. The van der Waals surface area contributed by atoms with Crippen LogP contribution in [0.2, 0.25) is 0 Å². The molecule has 25 heavy (non-hydrogen) atoms. The van der Waals surface area contributed by atoms with Crippen LogP contribution in [-0.2, 0) is 20.4 Å². The van der Waals surface area contributed by atoms with Crippen LogP contribution in [0, 0.1) is 5.92 Å². The number of anilines is 1. The lowest BCUT2D eigenvalue weighted by molar-refractivity contribution is -0.127. The number of fused-ring (bicyclic) bond motifs is 3. The smallest absolute Gasteiger partial charge is 0.225 e. The standard InChI is InChI=1S/C17H24N4O3S/c1-11-4-3-5-20(7-11)17-18-6-13-10-25(23,24)15-9-21(12(2)22)8-14(15)16(13)19-17/h6,11,14-15H,3-5,7-10H2,1-2H3/t11?,14-,15+/m0/s1. The third kappa shape index (κ3) is 2.90. The highest BCUT2D eigenvalue weighted by Crippen LogP contribution is 2.39. The van der Waals surface area contributed by atoms with Gasteiger partial charge in [-0.3, -0.25) is 4.79 Å². The van der Waals surface area contributed by atoms with Crippen molar-refractivity contribution in [3.05, 3.63) is 17.5 Å². The van der Waals surface area contributed by atoms with Crippen LogP contribution in [0.4, 0.5) is 5.95 Å². The first-order chi connectivity index (χ1) is 11.8. The van der Waals surface area contributed by atoms with Crippen molar-refractivity contribution in [3.8, 4) is 0 Å². The third-order valence-corrected chi connectivity index (χ3v) is 7.82. The van der Waals surface area contributed by atoms with E-state index in [9.17, 15) is 13.2 Å². The molecular formula is C17H24N4O3S. The SMILES string of the molecule is CC(=O)N1C[C@@H]2c3nc(N4CCCC(C)C4)ncc3CS(=O)(=O)[C@@H]2C1. The molecule has 2 fully saturated rings. The number of sulfone groups is 1. The van der Waals surface area contributed by atoms with Gasteiger partial charge < -0.3 is 9.80 Å². The molecule has 136 valence electrons. The highest BCUT2D eigenvalue weighted by atomic mass is 32.2. The number of hydrogen-bond acceptors (Lipinski definition) is 6. The number of amides is 1. The minimum Gasteiger partial charge on any atom is -0.341 e. The summed E-state index contributed by atoms with van der Waals surface area (Å²) in [4.78, 5) is 24.8. The van der Waals surface area contributed by atoms with Crippen molar-refractivity contribution in [1.82, 2.24) is 14.9 Å². The van der Waals surface area contributed by atoms with E-state index >= 15 is 0 Å². The zero-order chi connectivity index (χ0) is 17.8. The summed E-state index contributed by atoms with van der Waals surface area (Å²) in [6.45, 7) is 6.31. The van der Waals surface area contributed by atoms with E-state index in [1.165, 1.54) is 13.3 Å². The number of rotatable bonds is 1. The Bertz CT molecular complexity index is 810. The van der Waals surface area contributed by atoms with Crippen molar-refractivity contribution in [2.24, 2.45) is 5.92 Å². The van der Waals surface area contributed by atoms with Crippen LogP contribution in [0.25, 0.3) is 0 Å². The second-order valence-corrected chi connectivity index (χ2v) is 9.87. The fourth-order valence-corrected chi connectivity index (χ4v) is 6.34. The molecule has 3 aliphatic rings. The topological polar surface area (TPSA) is 83.5 Å². The lowest BCUT2D eigenvalue weighted by Gasteiger charge is -2.32. The molecule has 8 heteroatoms. The minimum atomic E-state index is -3.27. The Balaban J connectivity index is 1.71. The molecule has 3 aliphatic heterocycles. The van der Waals surface area contributed by atoms with Gasteiger partial charge in [0.05, 0.1) is 16.7 Å². The van der Waals surface area contributed by atoms with Gasteiger partial charge in [-0.15, -0.1) is 0 Å². The molecule has 0 spiro atoms. The van der Waals surface area contributed by atoms with Crippen LogP contribution in [0.3, 0.4) is 0 Å². The Morgan fingerprint density at radius 2 is 2.08 bits per heavy atom. The number of likely N-dealkylation sites (tertiary alicyclic amines) is 1. The summed E-state index contributed by atoms with van der Waals surface area (Å²) in [5.41, 5.74) is 1.52. The highest BCUT2D eigenvalue weighted by molar-refractivity contribution is 7.91. The molecule has 1 amide bonds. The molecule has 4 rings (SSSR count). The normalized spacial score (nSPS) is 30.7. The summed E-state index contributed by atoms with van der Waals surface area (Å²) in [5.74, 6) is 0.976. The molecule has 1 aromatic rings. The van der Waals surface area contributed by atoms with E-state index in [2.05, 4.69) is 16.8 Å². The predicted octanol–water partition coefficient (Wildman–Crippen LogP) is 0.956. The summed E-state index contributed by atoms with van der Waals surface area (Å²) in [7, 11) is -3.27. The second kappa shape index (κ2) is 5.93. The van der Waals surface area contributed by atoms with Crippen molar-refractivity contribution >= 4 is 21.7 Å². The largest absolute Gasteiger partial charge is 0.341 e. The van der Waals surface area contributed by atoms with Gasteiger partial charge in [0.1, 0.15) is 0 Å². The molecule has 3 atom stereocenters. The van der Waals surface area contributed by atoms with E-state index in [0.717, 1.165) is 25.2 Å². The molecule has 2 saturated heterocycles. The fourth-order valence-electron chi connectivity index (χ4n) is 4.35. The number of piperidine rings is 1. The van der Waals surface area contributed by atoms with Crippen molar-refractivity contribution in [2.75, 3.05) is 31.1 Å². The highest BCUT2D eigenvalue weighted by Gasteiger charge is 2.48. The number of carbonyl (C=O) groups excluding carboxylic acids is 1. The quantitative estimate of drug-likeness (QED) is 0.738. The van der Waals surface area contributed by atoms with Gasteiger partial charge >= 0.3 is 0 Å². The van der Waals surface area contributed by atoms with Gasteiger partial charge in [-0.2, -0.15) is 0 Å². The Labute approximate surface area is 148 Å². The third-order valence-electron chi connectivity index (χ3n) is 5.71. The zero-order valence-electron chi connectivity index (χ0n) is 14.7. The maximum atomic E-state index is 12.6. The molecule has 0 saturated carbocycles. The monoisotopic (exact) mass is 364 g/mol. The van der Waals surface area contributed by atoms with Gasteiger partial charge in [-0.25, -0.2) is 18.4 Å². The summed E-state index contributed by atoms with van der Waals surface area (Å²) in [5, 5.41) is -0.535. The van der Waals surface area contributed by atoms with E-state index in [0.29, 0.717) is 24.0 Å². The van der Waals surface area contributed by atoms with Crippen molar-refractivity contribution < 1.29 is 13.2 Å². The lowest BCUT2D eigenvalue weighted by Crippen LogP contribution is -2.38. The number of carbonyl (C=O) groups is 1. The van der Waals surface area contributed by atoms with Gasteiger partial charge in [0, 0.05) is 50.8 Å². The molecule has 1 unspecified atom stereocenters. The Morgan fingerprint density at radius 1 is 1.28 bits per heavy atom. The number of nitrogens with zero attached hydrogens (tertiary/aromatic N) is 4. The fraction of sp³-hybridized carbons (Fsp3) is 0.706. The first-order valence-corrected chi connectivity index (χ1v) is 10.6. The molecule has 0 radical (unpaired) electrons. The summed E-state index contributed by atoms with van der Waals surface area (Å²) in [6, 6.07) is 0. The van der Waals surface area contributed by atoms with Crippen LogP contribution in [0.15, 0.2) is 6.20 Å². The Hall–Kier alpha value is -1.70. The summed E-state index contributed by atoms with van der Waals surface area (Å²) in [6.07, 6.45) is 4.03. The molecule has 1 aromatic heterocycles. The maximum Gasteiger partial charge on any atom is 0.225 e. The molecule has 0 aliphatic carbocycles. The van der Waals surface area contributed by atoms with Crippen LogP contribution < -0.4 is 4.90 Å². The van der Waals surface area contributed by atoms with Gasteiger partial charge in [0.15, 0.2) is 9.84 Å². The van der Waals surface area contributed by atoms with E-state index in [4.69, 9.17) is 4.98 Å². The molecule has 7 nitrogen and oxygen atoms in total. The first kappa shape index (κ1) is 16.8. The van der Waals surface area contributed by atoms with Crippen LogP contribution in [-0.4, -0.2) is 60.6 Å². The van der Waals surface area contributed by atoms with Gasteiger partial charge in [-0.05, 0) is 18.8 Å². The molecular weight excluding hydrogens is 340 g/mol. The van der Waals surface area contributed by atoms with Crippen molar-refractivity contribution in [2.45, 2.75) is 43.6 Å². The average molecular weight is 364 g/mol. The van der Waals surface area contributed by atoms with E-state index < -0.39 is 15.1 Å². The van der Waals surface area contributed by atoms with E-state index in [1.807, 2.05) is 0 Å². The van der Waals surface area contributed by atoms with Gasteiger partial charge in [0.25, 0.3) is 0 Å². The Kier molecular flexibility index (Phi) is 3.97. The van der Waals surface area contributed by atoms with Crippen molar-refractivity contribution in [1.29, 1.82) is 0 Å². The average Bonchev–Trinajstić information content (AvgIpc) is 3.01. The zero-order valence-corrected chi connectivity index (χ0v) is 15.5. The van der Waals surface area contributed by atoms with E-state index in [-0.39, 0.29) is 24.1 Å². The van der Waals surface area contributed by atoms with E-state index in [1.54, 1.807) is 11.1 Å². The maximum absolute atomic E-state index is 12.6. The van der Waals surface area contributed by atoms with Gasteiger partial charge in [0.2, 0.25) is 11.9 Å². The molecule has 0 aromatic carbocycles. The van der Waals surface area contributed by atoms with Crippen LogP contribution >= 0.6 is 0 Å². The number of aromatic nitrogens is 2. The minimum absolute atomic E-state index is 0.0219. The second-order valence-electron chi connectivity index (χ2n) is 7.65. The number of hydrogen-bond donors (Lipinski definition) is 0. The molecule has 4 heterocycles. The predicted molar refractivity (Wildman–Crippen MR) is 94.0 cm³/mol. The van der Waals surface area contributed by atoms with Crippen LogP contribution in [0.1, 0.15) is 43.9 Å². The summed E-state index contributed by atoms with van der Waals surface area (Å²) < 4.78 is 25.2. The first-order valence-electron chi connectivity index (χ1n) is 8.93. The molecule has 0 bridgehead atoms. The van der Waals surface area contributed by atoms with Crippen molar-refractivity contribution in [3.63, 3.8) is 0 Å².